The van der Waals surface area contributed by atoms with Crippen molar-refractivity contribution in [3.8, 4) is 23.2 Å². The highest BCUT2D eigenvalue weighted by Gasteiger charge is 2.50. The number of piperazine rings is 1. The summed E-state index contributed by atoms with van der Waals surface area (Å²) >= 11 is 0. The fourth-order valence-electron chi connectivity index (χ4n) is 8.62. The van der Waals surface area contributed by atoms with Gasteiger partial charge in [0.25, 0.3) is 0 Å². The van der Waals surface area contributed by atoms with Crippen LogP contribution in [0.5, 0.6) is 6.01 Å². The van der Waals surface area contributed by atoms with Gasteiger partial charge in [0, 0.05) is 43.5 Å². The smallest absolute Gasteiger partial charge is 0.319 e. The number of hydrogen-bond acceptors (Lipinski definition) is 7. The summed E-state index contributed by atoms with van der Waals surface area (Å²) in [6.45, 7) is 6.01. The lowest BCUT2D eigenvalue weighted by molar-refractivity contribution is -0.128. The molecule has 3 aliphatic heterocycles. The molecule has 0 radical (unpaired) electrons. The van der Waals surface area contributed by atoms with Crippen LogP contribution in [0.3, 0.4) is 0 Å². The van der Waals surface area contributed by atoms with E-state index in [1.54, 1.807) is 23.1 Å². The molecule has 0 bridgehead atoms. The van der Waals surface area contributed by atoms with Gasteiger partial charge in [-0.2, -0.15) is 15.2 Å². The van der Waals surface area contributed by atoms with Crippen molar-refractivity contribution in [1.29, 1.82) is 5.26 Å². The van der Waals surface area contributed by atoms with Crippen LogP contribution in [0.1, 0.15) is 49.1 Å². The Morgan fingerprint density at radius 1 is 1.15 bits per heavy atom. The predicted molar refractivity (Wildman–Crippen MR) is 166 cm³/mol. The van der Waals surface area contributed by atoms with Crippen molar-refractivity contribution in [2.45, 2.75) is 62.2 Å². The normalized spacial score (nSPS) is 28.1. The second kappa shape index (κ2) is 11.0. The van der Waals surface area contributed by atoms with Crippen LogP contribution in [0.2, 0.25) is 0 Å². The molecule has 3 aromatic rings. The minimum atomic E-state index is -0.924. The number of aromatic nitrogens is 2. The molecule has 1 amide bonds. The summed E-state index contributed by atoms with van der Waals surface area (Å²) in [4.78, 5) is 27.7. The van der Waals surface area contributed by atoms with E-state index in [0.717, 1.165) is 37.8 Å². The number of anilines is 1. The number of ether oxygens (including phenoxy) is 1. The molecule has 46 heavy (non-hydrogen) atoms. The van der Waals surface area contributed by atoms with Crippen molar-refractivity contribution in [3.63, 3.8) is 0 Å². The molecule has 2 unspecified atom stereocenters. The van der Waals surface area contributed by atoms with Gasteiger partial charge >= 0.3 is 6.01 Å². The Bertz CT molecular complexity index is 1810. The van der Waals surface area contributed by atoms with Gasteiger partial charge in [0.2, 0.25) is 5.91 Å². The zero-order valence-corrected chi connectivity index (χ0v) is 25.5. The molecule has 4 heterocycles. The number of carbonyl (C=O) groups excluding carboxylic acids is 1. The Morgan fingerprint density at radius 2 is 2.00 bits per heavy atom. The standard InChI is InChI=1S/C35H35F3N6O2/c1-2-29(45)44-13-12-42(18-22(44)8-10-39)33-25-5-4-24(23-6-7-28(37)30-26-14-20(26)15-27(23)30)31(38)32(25)40-34(41-33)46-19-35-9-3-11-43(35)17-21(36)16-35/h2,4-7,20-22,26H,1,3,8-9,11-19H2/t20?,21-,22+,26?,35+/m1/s1. The van der Waals surface area contributed by atoms with Gasteiger partial charge in [0.15, 0.2) is 5.82 Å². The lowest BCUT2D eigenvalue weighted by Crippen LogP contribution is -2.55. The molecule has 8 rings (SSSR count). The van der Waals surface area contributed by atoms with Crippen molar-refractivity contribution >= 4 is 22.6 Å². The third kappa shape index (κ3) is 4.63. The lowest BCUT2D eigenvalue weighted by atomic mass is 9.93. The van der Waals surface area contributed by atoms with E-state index in [0.29, 0.717) is 66.4 Å². The molecule has 8 nitrogen and oxygen atoms in total. The van der Waals surface area contributed by atoms with Gasteiger partial charge in [-0.25, -0.2) is 13.2 Å². The molecule has 5 atom stereocenters. The Hall–Kier alpha value is -4.17. The maximum atomic E-state index is 16.8. The molecule has 3 saturated heterocycles. The minimum Gasteiger partial charge on any atom is -0.461 e. The van der Waals surface area contributed by atoms with E-state index < -0.39 is 23.6 Å². The first-order valence-corrected chi connectivity index (χ1v) is 16.2. The number of carbonyl (C=O) groups is 1. The van der Waals surface area contributed by atoms with Crippen LogP contribution < -0.4 is 9.64 Å². The first-order valence-electron chi connectivity index (χ1n) is 16.2. The van der Waals surface area contributed by atoms with Crippen LogP contribution in [0, 0.1) is 28.9 Å². The number of amides is 1. The molecule has 0 spiro atoms. The molecule has 11 heteroatoms. The summed E-state index contributed by atoms with van der Waals surface area (Å²) in [7, 11) is 0. The summed E-state index contributed by atoms with van der Waals surface area (Å²) in [6.07, 6.45) is 4.28. The molecule has 2 aliphatic carbocycles. The maximum absolute atomic E-state index is 16.8. The van der Waals surface area contributed by atoms with Crippen molar-refractivity contribution < 1.29 is 22.7 Å². The van der Waals surface area contributed by atoms with Crippen molar-refractivity contribution in [3.05, 3.63) is 59.7 Å². The Labute approximate surface area is 265 Å². The van der Waals surface area contributed by atoms with Crippen molar-refractivity contribution in [2.75, 3.05) is 44.2 Å². The van der Waals surface area contributed by atoms with Gasteiger partial charge in [-0.3, -0.25) is 9.69 Å². The van der Waals surface area contributed by atoms with E-state index in [9.17, 15) is 18.8 Å². The number of fused-ring (bicyclic) bond motifs is 5. The molecular formula is C35H35F3N6O2. The van der Waals surface area contributed by atoms with E-state index >= 15 is 4.39 Å². The fraction of sp³-hybridized carbons (Fsp3) is 0.486. The Balaban J connectivity index is 1.21. The highest BCUT2D eigenvalue weighted by molar-refractivity contribution is 5.94. The Morgan fingerprint density at radius 3 is 2.83 bits per heavy atom. The van der Waals surface area contributed by atoms with Crippen LogP contribution in [0.25, 0.3) is 22.0 Å². The van der Waals surface area contributed by atoms with Gasteiger partial charge in [-0.15, -0.1) is 0 Å². The van der Waals surface area contributed by atoms with E-state index in [1.165, 1.54) is 12.1 Å². The predicted octanol–water partition coefficient (Wildman–Crippen LogP) is 5.31. The summed E-state index contributed by atoms with van der Waals surface area (Å²) in [5.41, 5.74) is 2.25. The fourth-order valence-corrected chi connectivity index (χ4v) is 8.62. The second-order valence-corrected chi connectivity index (χ2v) is 13.5. The molecule has 1 aromatic heterocycles. The lowest BCUT2D eigenvalue weighted by Gasteiger charge is -2.41. The van der Waals surface area contributed by atoms with Crippen molar-refractivity contribution in [1.82, 2.24) is 19.8 Å². The van der Waals surface area contributed by atoms with Crippen molar-refractivity contribution in [2.24, 2.45) is 5.92 Å². The van der Waals surface area contributed by atoms with E-state index in [1.807, 2.05) is 4.90 Å². The average Bonchev–Trinajstić information content (AvgIpc) is 3.36. The van der Waals surface area contributed by atoms with E-state index in [4.69, 9.17) is 9.72 Å². The number of halogens is 3. The number of benzene rings is 2. The maximum Gasteiger partial charge on any atom is 0.319 e. The van der Waals surface area contributed by atoms with Gasteiger partial charge in [-0.05, 0) is 79.0 Å². The minimum absolute atomic E-state index is 0.00547. The van der Waals surface area contributed by atoms with E-state index in [2.05, 4.69) is 22.5 Å². The third-order valence-electron chi connectivity index (χ3n) is 10.9. The molecule has 238 valence electrons. The zero-order chi connectivity index (χ0) is 31.7. The highest BCUT2D eigenvalue weighted by Crippen LogP contribution is 2.58. The topological polar surface area (TPSA) is 85.6 Å². The SMILES string of the molecule is C=CC(=O)N1CCN(c2nc(OC[C@@]34CCCN3C[C@H](F)C4)nc3c(F)c(-c4ccc(F)c5c4CC4CC54)ccc23)C[C@@H]1CC#N. The number of alkyl halides is 1. The van der Waals surface area contributed by atoms with Gasteiger partial charge in [0.05, 0.1) is 24.1 Å². The van der Waals surface area contributed by atoms with Gasteiger partial charge < -0.3 is 14.5 Å². The monoisotopic (exact) mass is 628 g/mol. The van der Waals surface area contributed by atoms with Crippen LogP contribution in [0.15, 0.2) is 36.9 Å². The van der Waals surface area contributed by atoms with Crippen LogP contribution in [-0.4, -0.2) is 82.8 Å². The highest BCUT2D eigenvalue weighted by atomic mass is 19.1. The number of rotatable bonds is 7. The molecule has 5 aliphatic rings. The third-order valence-corrected chi connectivity index (χ3v) is 10.9. The van der Waals surface area contributed by atoms with Crippen LogP contribution in [0.4, 0.5) is 19.0 Å². The average molecular weight is 629 g/mol. The number of nitrogens with zero attached hydrogens (tertiary/aromatic N) is 6. The summed E-state index contributed by atoms with van der Waals surface area (Å²) in [6, 6.07) is 8.35. The van der Waals surface area contributed by atoms with Gasteiger partial charge in [-0.1, -0.05) is 18.7 Å². The quantitative estimate of drug-likeness (QED) is 0.328. The molecular weight excluding hydrogens is 593 g/mol. The molecule has 0 N–H and O–H groups in total. The second-order valence-electron chi connectivity index (χ2n) is 13.5. The van der Waals surface area contributed by atoms with E-state index in [-0.39, 0.29) is 42.2 Å². The van der Waals surface area contributed by atoms with Gasteiger partial charge in [0.1, 0.15) is 29.9 Å². The summed E-state index contributed by atoms with van der Waals surface area (Å²) in [5, 5.41) is 10.00. The largest absolute Gasteiger partial charge is 0.461 e. The first-order chi connectivity index (χ1) is 22.3. The summed E-state index contributed by atoms with van der Waals surface area (Å²) in [5.74, 6) is 0.0632. The molecule has 1 saturated carbocycles. The molecule has 2 aromatic carbocycles. The Kier molecular flexibility index (Phi) is 6.98. The van der Waals surface area contributed by atoms with Crippen LogP contribution in [-0.2, 0) is 11.2 Å². The first kappa shape index (κ1) is 29.2. The zero-order valence-electron chi connectivity index (χ0n) is 25.5. The summed E-state index contributed by atoms with van der Waals surface area (Å²) < 4.78 is 52.3. The molecule has 4 fully saturated rings. The number of hydrogen-bond donors (Lipinski definition) is 0. The number of nitriles is 1. The van der Waals surface area contributed by atoms with Crippen LogP contribution >= 0.6 is 0 Å².